The lowest BCUT2D eigenvalue weighted by Gasteiger charge is -2.24. The van der Waals surface area contributed by atoms with Crippen molar-refractivity contribution in [1.29, 1.82) is 0 Å². The molecule has 2 heterocycles. The number of nitrogens with two attached hydrogens (primary N) is 1. The van der Waals surface area contributed by atoms with E-state index in [1.165, 1.54) is 32.1 Å². The van der Waals surface area contributed by atoms with Crippen LogP contribution in [-0.2, 0) is 0 Å². The monoisotopic (exact) mass is 341 g/mol. The summed E-state index contributed by atoms with van der Waals surface area (Å²) >= 11 is 5.02. The zero-order valence-corrected chi connectivity index (χ0v) is 12.9. The molecule has 1 fully saturated rings. The summed E-state index contributed by atoms with van der Waals surface area (Å²) < 4.78 is 6.39. The topological polar surface area (TPSA) is 64.9 Å². The zero-order chi connectivity index (χ0) is 13.2. The number of aromatic nitrogens is 2. The summed E-state index contributed by atoms with van der Waals surface area (Å²) in [6.45, 7) is 0. The van der Waals surface area contributed by atoms with Crippen molar-refractivity contribution in [1.82, 2.24) is 10.1 Å². The summed E-state index contributed by atoms with van der Waals surface area (Å²) in [7, 11) is 0. The molecule has 1 atom stereocenters. The van der Waals surface area contributed by atoms with Gasteiger partial charge in [-0.15, -0.1) is 11.3 Å². The standard InChI is InChI=1S/C13H16BrN3OS/c14-9-6-10(19-7-9)12-16-13(18-17-12)11(15)8-4-2-1-3-5-8/h6-8,11H,1-5,15H2. The van der Waals surface area contributed by atoms with Gasteiger partial charge in [0.05, 0.1) is 10.9 Å². The SMILES string of the molecule is NC(c1nc(-c2cc(Br)cs2)no1)C1CCCCC1. The van der Waals surface area contributed by atoms with Crippen LogP contribution >= 0.6 is 27.3 Å². The smallest absolute Gasteiger partial charge is 0.244 e. The third-order valence-electron chi connectivity index (χ3n) is 3.67. The molecule has 1 aliphatic carbocycles. The molecule has 0 radical (unpaired) electrons. The van der Waals surface area contributed by atoms with Crippen molar-refractivity contribution in [3.05, 3.63) is 21.8 Å². The molecule has 0 bridgehead atoms. The maximum Gasteiger partial charge on any atom is 0.244 e. The van der Waals surface area contributed by atoms with Gasteiger partial charge >= 0.3 is 0 Å². The number of hydrogen-bond donors (Lipinski definition) is 1. The zero-order valence-electron chi connectivity index (χ0n) is 10.5. The lowest BCUT2D eigenvalue weighted by atomic mass is 9.84. The van der Waals surface area contributed by atoms with Gasteiger partial charge in [-0.3, -0.25) is 0 Å². The fourth-order valence-electron chi connectivity index (χ4n) is 2.60. The van der Waals surface area contributed by atoms with E-state index in [0.29, 0.717) is 17.6 Å². The molecular weight excluding hydrogens is 326 g/mol. The molecule has 0 aromatic carbocycles. The molecule has 0 spiro atoms. The molecule has 2 aromatic rings. The minimum atomic E-state index is -0.120. The van der Waals surface area contributed by atoms with Gasteiger partial charge in [0.2, 0.25) is 11.7 Å². The third-order valence-corrected chi connectivity index (χ3v) is 5.36. The van der Waals surface area contributed by atoms with E-state index in [2.05, 4.69) is 26.1 Å². The minimum absolute atomic E-state index is 0.120. The molecule has 0 saturated heterocycles. The Kier molecular flexibility index (Phi) is 4.00. The Hall–Kier alpha value is -0.720. The van der Waals surface area contributed by atoms with Crippen LogP contribution in [0.2, 0.25) is 0 Å². The van der Waals surface area contributed by atoms with Gasteiger partial charge in [0.25, 0.3) is 0 Å². The normalized spacial score (nSPS) is 18.6. The predicted molar refractivity (Wildman–Crippen MR) is 78.8 cm³/mol. The van der Waals surface area contributed by atoms with Crippen LogP contribution in [0.3, 0.4) is 0 Å². The molecule has 1 saturated carbocycles. The fraction of sp³-hybridized carbons (Fsp3) is 0.538. The predicted octanol–water partition coefficient (Wildman–Crippen LogP) is 4.14. The Morgan fingerprint density at radius 3 is 2.84 bits per heavy atom. The van der Waals surface area contributed by atoms with Crippen molar-refractivity contribution in [2.24, 2.45) is 11.7 Å². The molecule has 1 aliphatic rings. The Labute approximate surface area is 124 Å². The van der Waals surface area contributed by atoms with Crippen LogP contribution in [0.25, 0.3) is 10.7 Å². The summed E-state index contributed by atoms with van der Waals surface area (Å²) in [6, 6.07) is 1.87. The lowest BCUT2D eigenvalue weighted by molar-refractivity contribution is 0.255. The van der Waals surface area contributed by atoms with E-state index in [0.717, 1.165) is 9.35 Å². The fourth-order valence-corrected chi connectivity index (χ4v) is 3.95. The van der Waals surface area contributed by atoms with Crippen LogP contribution in [0.15, 0.2) is 20.4 Å². The minimum Gasteiger partial charge on any atom is -0.337 e. The quantitative estimate of drug-likeness (QED) is 0.910. The Morgan fingerprint density at radius 2 is 2.16 bits per heavy atom. The molecule has 4 nitrogen and oxygen atoms in total. The van der Waals surface area contributed by atoms with E-state index in [-0.39, 0.29) is 6.04 Å². The van der Waals surface area contributed by atoms with E-state index in [9.17, 15) is 0 Å². The number of thiophene rings is 1. The van der Waals surface area contributed by atoms with Gasteiger partial charge < -0.3 is 10.3 Å². The van der Waals surface area contributed by atoms with Gasteiger partial charge in [-0.25, -0.2) is 0 Å². The molecular formula is C13H16BrN3OS. The first-order chi connectivity index (χ1) is 9.24. The van der Waals surface area contributed by atoms with Crippen LogP contribution in [0.4, 0.5) is 0 Å². The Bertz CT molecular complexity index is 548. The summed E-state index contributed by atoms with van der Waals surface area (Å²) in [5, 5.41) is 6.05. The lowest BCUT2D eigenvalue weighted by Crippen LogP contribution is -2.23. The van der Waals surface area contributed by atoms with Gasteiger partial charge in [-0.1, -0.05) is 24.4 Å². The maximum atomic E-state index is 6.26. The second-order valence-electron chi connectivity index (χ2n) is 5.01. The second-order valence-corrected chi connectivity index (χ2v) is 6.84. The third kappa shape index (κ3) is 2.90. The van der Waals surface area contributed by atoms with Crippen LogP contribution in [-0.4, -0.2) is 10.1 Å². The highest BCUT2D eigenvalue weighted by atomic mass is 79.9. The molecule has 0 amide bonds. The van der Waals surface area contributed by atoms with E-state index in [1.54, 1.807) is 11.3 Å². The van der Waals surface area contributed by atoms with E-state index < -0.39 is 0 Å². The van der Waals surface area contributed by atoms with E-state index in [4.69, 9.17) is 10.3 Å². The first-order valence-corrected chi connectivity index (χ1v) is 8.25. The van der Waals surface area contributed by atoms with E-state index >= 15 is 0 Å². The molecule has 2 N–H and O–H groups in total. The van der Waals surface area contributed by atoms with Crippen LogP contribution in [0.1, 0.15) is 44.0 Å². The van der Waals surface area contributed by atoms with Crippen molar-refractivity contribution in [2.75, 3.05) is 0 Å². The first kappa shape index (κ1) is 13.3. The molecule has 6 heteroatoms. The van der Waals surface area contributed by atoms with Gasteiger partial charge in [-0.05, 0) is 40.8 Å². The molecule has 2 aromatic heterocycles. The van der Waals surface area contributed by atoms with Crippen LogP contribution < -0.4 is 5.73 Å². The summed E-state index contributed by atoms with van der Waals surface area (Å²) in [5.74, 6) is 1.69. The van der Waals surface area contributed by atoms with Crippen molar-refractivity contribution in [3.63, 3.8) is 0 Å². The average molecular weight is 342 g/mol. The highest BCUT2D eigenvalue weighted by Crippen LogP contribution is 2.34. The number of hydrogen-bond acceptors (Lipinski definition) is 5. The number of halogens is 1. The maximum absolute atomic E-state index is 6.26. The largest absolute Gasteiger partial charge is 0.337 e. The Balaban J connectivity index is 1.76. The summed E-state index contributed by atoms with van der Waals surface area (Å²) in [5.41, 5.74) is 6.26. The Morgan fingerprint density at radius 1 is 1.37 bits per heavy atom. The summed E-state index contributed by atoms with van der Waals surface area (Å²) in [6.07, 6.45) is 6.18. The van der Waals surface area contributed by atoms with E-state index in [1.807, 2.05) is 11.4 Å². The number of nitrogens with zero attached hydrogens (tertiary/aromatic N) is 2. The van der Waals surface area contributed by atoms with Crippen molar-refractivity contribution >= 4 is 27.3 Å². The van der Waals surface area contributed by atoms with Gasteiger partial charge in [0, 0.05) is 9.85 Å². The molecule has 3 rings (SSSR count). The van der Waals surface area contributed by atoms with Crippen molar-refractivity contribution < 1.29 is 4.52 Å². The molecule has 1 unspecified atom stereocenters. The van der Waals surface area contributed by atoms with Gasteiger partial charge in [-0.2, -0.15) is 4.98 Å². The van der Waals surface area contributed by atoms with Gasteiger partial charge in [0.15, 0.2) is 0 Å². The average Bonchev–Trinajstić information content (AvgIpc) is 3.07. The molecule has 19 heavy (non-hydrogen) atoms. The molecule has 0 aliphatic heterocycles. The van der Waals surface area contributed by atoms with Crippen LogP contribution in [0, 0.1) is 5.92 Å². The second kappa shape index (κ2) is 5.73. The number of rotatable bonds is 3. The molecule has 102 valence electrons. The summed E-state index contributed by atoms with van der Waals surface area (Å²) in [4.78, 5) is 5.45. The highest BCUT2D eigenvalue weighted by molar-refractivity contribution is 9.10. The first-order valence-electron chi connectivity index (χ1n) is 6.57. The van der Waals surface area contributed by atoms with Crippen molar-refractivity contribution in [3.8, 4) is 10.7 Å². The van der Waals surface area contributed by atoms with Crippen molar-refractivity contribution in [2.45, 2.75) is 38.1 Å². The van der Waals surface area contributed by atoms with Gasteiger partial charge in [0.1, 0.15) is 0 Å². The highest BCUT2D eigenvalue weighted by Gasteiger charge is 2.26. The van der Waals surface area contributed by atoms with Crippen LogP contribution in [0.5, 0.6) is 0 Å².